The summed E-state index contributed by atoms with van der Waals surface area (Å²) in [7, 11) is 0. The molecule has 0 aromatic heterocycles. The molecular formula is C15H18N2O3. The number of rotatable bonds is 4. The summed E-state index contributed by atoms with van der Waals surface area (Å²) in [6.45, 7) is 1.21. The van der Waals surface area contributed by atoms with Gasteiger partial charge in [0, 0.05) is 19.1 Å². The summed E-state index contributed by atoms with van der Waals surface area (Å²) in [5, 5.41) is 11.8. The van der Waals surface area contributed by atoms with Crippen molar-refractivity contribution in [3.63, 3.8) is 0 Å². The maximum atomic E-state index is 12.3. The fourth-order valence-corrected chi connectivity index (χ4v) is 2.75. The van der Waals surface area contributed by atoms with Gasteiger partial charge in [-0.2, -0.15) is 0 Å². The molecule has 2 aliphatic rings. The average molecular weight is 274 g/mol. The van der Waals surface area contributed by atoms with Crippen molar-refractivity contribution < 1.29 is 14.7 Å². The summed E-state index contributed by atoms with van der Waals surface area (Å²) in [5.41, 5.74) is 2.34. The van der Waals surface area contributed by atoms with E-state index >= 15 is 0 Å². The molecule has 3 rings (SSSR count). The fraction of sp³-hybridized carbons (Fsp3) is 0.467. The molecular weight excluding hydrogens is 256 g/mol. The molecule has 5 nitrogen and oxygen atoms in total. The second kappa shape index (κ2) is 5.15. The number of nitrogens with zero attached hydrogens (tertiary/aromatic N) is 1. The Morgan fingerprint density at radius 3 is 2.35 bits per heavy atom. The Kier molecular flexibility index (Phi) is 3.34. The van der Waals surface area contributed by atoms with Crippen LogP contribution in [0.15, 0.2) is 24.3 Å². The molecule has 1 aliphatic heterocycles. The predicted molar refractivity (Wildman–Crippen MR) is 73.0 cm³/mol. The molecule has 0 radical (unpaired) electrons. The first-order valence-corrected chi connectivity index (χ1v) is 6.97. The van der Waals surface area contributed by atoms with Gasteiger partial charge in [-0.05, 0) is 29.9 Å². The van der Waals surface area contributed by atoms with Crippen molar-refractivity contribution in [1.82, 2.24) is 10.2 Å². The van der Waals surface area contributed by atoms with Crippen molar-refractivity contribution in [1.29, 1.82) is 0 Å². The van der Waals surface area contributed by atoms with Gasteiger partial charge in [0.2, 0.25) is 0 Å². The number of amides is 2. The topological polar surface area (TPSA) is 69.6 Å². The van der Waals surface area contributed by atoms with Crippen LogP contribution in [0.2, 0.25) is 0 Å². The summed E-state index contributed by atoms with van der Waals surface area (Å²) in [6.07, 6.45) is 2.04. The van der Waals surface area contributed by atoms with Crippen LogP contribution >= 0.6 is 0 Å². The first-order chi connectivity index (χ1) is 9.63. The van der Waals surface area contributed by atoms with Crippen LogP contribution in [-0.4, -0.2) is 28.0 Å². The summed E-state index contributed by atoms with van der Waals surface area (Å²) in [4.78, 5) is 24.9. The van der Waals surface area contributed by atoms with Gasteiger partial charge in [-0.1, -0.05) is 24.3 Å². The highest BCUT2D eigenvalue weighted by Gasteiger charge is 2.35. The molecule has 1 fully saturated rings. The fourth-order valence-electron chi connectivity index (χ4n) is 2.75. The van der Waals surface area contributed by atoms with Crippen LogP contribution in [0, 0.1) is 5.92 Å². The van der Waals surface area contributed by atoms with E-state index in [1.54, 1.807) is 4.90 Å². The minimum Gasteiger partial charge on any atom is -0.481 e. The van der Waals surface area contributed by atoms with Crippen LogP contribution in [0.1, 0.15) is 30.4 Å². The molecule has 20 heavy (non-hydrogen) atoms. The van der Waals surface area contributed by atoms with Gasteiger partial charge < -0.3 is 15.3 Å². The Morgan fingerprint density at radius 1 is 1.25 bits per heavy atom. The Morgan fingerprint density at radius 2 is 1.85 bits per heavy atom. The van der Waals surface area contributed by atoms with E-state index in [1.807, 2.05) is 24.3 Å². The smallest absolute Gasteiger partial charge is 0.318 e. The highest BCUT2D eigenvalue weighted by Crippen LogP contribution is 2.34. The Balaban J connectivity index is 1.61. The third-order valence-electron chi connectivity index (χ3n) is 4.02. The standard InChI is InChI=1S/C15H18N2O3/c18-14(19)7-13(10-5-6-10)16-15(20)17-8-11-3-1-2-4-12(11)9-17/h1-4,10,13H,5-9H2,(H,16,20)(H,18,19). The monoisotopic (exact) mass is 274 g/mol. The summed E-state index contributed by atoms with van der Waals surface area (Å²) >= 11 is 0. The first-order valence-electron chi connectivity index (χ1n) is 6.97. The molecule has 0 bridgehead atoms. The zero-order chi connectivity index (χ0) is 14.1. The SMILES string of the molecule is O=C(O)CC(NC(=O)N1Cc2ccccc2C1)C1CC1. The number of hydrogen-bond acceptors (Lipinski definition) is 2. The lowest BCUT2D eigenvalue weighted by Gasteiger charge is -2.22. The molecule has 0 spiro atoms. The number of hydrogen-bond donors (Lipinski definition) is 2. The van der Waals surface area contributed by atoms with Crippen molar-refractivity contribution in [2.45, 2.75) is 38.4 Å². The minimum absolute atomic E-state index is 0.0111. The van der Waals surface area contributed by atoms with Crippen molar-refractivity contribution in [3.05, 3.63) is 35.4 Å². The Labute approximate surface area is 117 Å². The third-order valence-corrected chi connectivity index (χ3v) is 4.02. The molecule has 5 heteroatoms. The maximum absolute atomic E-state index is 12.3. The molecule has 106 valence electrons. The second-order valence-electron chi connectivity index (χ2n) is 5.62. The van der Waals surface area contributed by atoms with E-state index in [0.717, 1.165) is 12.8 Å². The Hall–Kier alpha value is -2.04. The van der Waals surface area contributed by atoms with Gasteiger partial charge in [0.15, 0.2) is 0 Å². The van der Waals surface area contributed by atoms with E-state index < -0.39 is 5.97 Å². The number of urea groups is 1. The van der Waals surface area contributed by atoms with E-state index in [1.165, 1.54) is 11.1 Å². The zero-order valence-corrected chi connectivity index (χ0v) is 11.2. The minimum atomic E-state index is -0.855. The predicted octanol–water partition coefficient (Wildman–Crippen LogP) is 1.97. The molecule has 1 heterocycles. The van der Waals surface area contributed by atoms with E-state index in [0.29, 0.717) is 19.0 Å². The normalized spacial score (nSPS) is 18.5. The quantitative estimate of drug-likeness (QED) is 0.882. The highest BCUT2D eigenvalue weighted by molar-refractivity contribution is 5.76. The molecule has 1 atom stereocenters. The van der Waals surface area contributed by atoms with Crippen molar-refractivity contribution in [3.8, 4) is 0 Å². The van der Waals surface area contributed by atoms with Crippen molar-refractivity contribution >= 4 is 12.0 Å². The van der Waals surface area contributed by atoms with Gasteiger partial charge in [0.1, 0.15) is 0 Å². The number of carboxylic acids is 1. The molecule has 2 amide bonds. The van der Waals surface area contributed by atoms with Crippen molar-refractivity contribution in [2.75, 3.05) is 0 Å². The summed E-state index contributed by atoms with van der Waals surface area (Å²) in [6, 6.07) is 7.61. The molecule has 1 aliphatic carbocycles. The van der Waals surface area contributed by atoms with E-state index in [9.17, 15) is 9.59 Å². The first kappa shape index (κ1) is 13.0. The molecule has 0 saturated heterocycles. The average Bonchev–Trinajstić information content (AvgIpc) is 3.16. The molecule has 1 aromatic carbocycles. The molecule has 2 N–H and O–H groups in total. The van der Waals surface area contributed by atoms with Gasteiger partial charge in [0.05, 0.1) is 6.42 Å². The lowest BCUT2D eigenvalue weighted by molar-refractivity contribution is -0.137. The van der Waals surface area contributed by atoms with Crippen LogP contribution < -0.4 is 5.32 Å². The van der Waals surface area contributed by atoms with Gasteiger partial charge in [-0.15, -0.1) is 0 Å². The number of carbonyl (C=O) groups excluding carboxylic acids is 1. The van der Waals surface area contributed by atoms with Gasteiger partial charge in [-0.3, -0.25) is 4.79 Å². The van der Waals surface area contributed by atoms with E-state index in [2.05, 4.69) is 5.32 Å². The largest absolute Gasteiger partial charge is 0.481 e. The number of aliphatic carboxylic acids is 1. The molecule has 1 aromatic rings. The lowest BCUT2D eigenvalue weighted by Crippen LogP contribution is -2.44. The molecule has 1 unspecified atom stereocenters. The Bertz CT molecular complexity index is 515. The van der Waals surface area contributed by atoms with Gasteiger partial charge in [0.25, 0.3) is 0 Å². The second-order valence-corrected chi connectivity index (χ2v) is 5.62. The van der Waals surface area contributed by atoms with Crippen LogP contribution in [0.25, 0.3) is 0 Å². The number of fused-ring (bicyclic) bond motifs is 1. The number of nitrogens with one attached hydrogen (secondary N) is 1. The van der Waals surface area contributed by atoms with Crippen LogP contribution in [0.4, 0.5) is 4.79 Å². The van der Waals surface area contributed by atoms with Crippen LogP contribution in [-0.2, 0) is 17.9 Å². The van der Waals surface area contributed by atoms with E-state index in [-0.39, 0.29) is 18.5 Å². The van der Waals surface area contributed by atoms with E-state index in [4.69, 9.17) is 5.11 Å². The van der Waals surface area contributed by atoms with Crippen LogP contribution in [0.5, 0.6) is 0 Å². The van der Waals surface area contributed by atoms with Crippen molar-refractivity contribution in [2.24, 2.45) is 5.92 Å². The number of benzene rings is 1. The summed E-state index contributed by atoms with van der Waals surface area (Å²) in [5.74, 6) is -0.521. The van der Waals surface area contributed by atoms with Crippen LogP contribution in [0.3, 0.4) is 0 Å². The van der Waals surface area contributed by atoms with Gasteiger partial charge >= 0.3 is 12.0 Å². The summed E-state index contributed by atoms with van der Waals surface area (Å²) < 4.78 is 0. The maximum Gasteiger partial charge on any atom is 0.318 e. The molecule has 1 saturated carbocycles. The number of carboxylic acid groups (broad SMARTS) is 1. The number of carbonyl (C=O) groups is 2. The lowest BCUT2D eigenvalue weighted by atomic mass is 10.1. The zero-order valence-electron chi connectivity index (χ0n) is 11.2. The van der Waals surface area contributed by atoms with Gasteiger partial charge in [-0.25, -0.2) is 4.79 Å². The third kappa shape index (κ3) is 2.76. The highest BCUT2D eigenvalue weighted by atomic mass is 16.4.